The third kappa shape index (κ3) is 11.2. The Kier molecular flexibility index (Phi) is 16.9. The maximum absolute atomic E-state index is 6.91. The average Bonchev–Trinajstić information content (AvgIpc) is 0.888. The minimum Gasteiger partial charge on any atom is -0.510 e. The van der Waals surface area contributed by atoms with Gasteiger partial charge >= 0.3 is 0 Å². The van der Waals surface area contributed by atoms with Crippen molar-refractivity contribution in [1.29, 1.82) is 0 Å². The first-order chi connectivity index (χ1) is 53.6. The Balaban J connectivity index is 0.00000819. The van der Waals surface area contributed by atoms with Gasteiger partial charge in [-0.05, 0) is 140 Å². The fourth-order valence-electron chi connectivity index (χ4n) is 17.1. The minimum absolute atomic E-state index is 0. The van der Waals surface area contributed by atoms with Crippen LogP contribution in [-0.2, 0) is 26.5 Å². The van der Waals surface area contributed by atoms with E-state index in [2.05, 4.69) is 399 Å². The number of hydrogen-bond donors (Lipinski definition) is 0. The normalized spacial score (nSPS) is 12.1. The van der Waals surface area contributed by atoms with Crippen LogP contribution in [0.2, 0.25) is 0 Å². The van der Waals surface area contributed by atoms with E-state index < -0.39 is 16.1 Å². The summed E-state index contributed by atoms with van der Waals surface area (Å²) in [6, 6.07) is 140. The molecule has 0 atom stereocenters. The van der Waals surface area contributed by atoms with Gasteiger partial charge in [-0.1, -0.05) is 305 Å². The molecule has 10 heteroatoms. The molecule has 0 spiro atoms. The van der Waals surface area contributed by atoms with Crippen LogP contribution < -0.4 is 50.8 Å². The second-order valence-corrected chi connectivity index (χ2v) is 36.9. The average molecular weight is 1630 g/mol. The van der Waals surface area contributed by atoms with Crippen molar-refractivity contribution in [3.63, 3.8) is 0 Å². The molecule has 0 saturated carbocycles. The third-order valence-electron chi connectivity index (χ3n) is 22.1. The molecule has 0 amide bonds. The summed E-state index contributed by atoms with van der Waals surface area (Å²) in [6.45, 7) is 6.69. The van der Waals surface area contributed by atoms with Gasteiger partial charge in [0.2, 0.25) is 0 Å². The fourth-order valence-corrected chi connectivity index (χ4v) is 26.6. The van der Waals surface area contributed by atoms with Crippen LogP contribution in [0.15, 0.2) is 379 Å². The molecule has 0 saturated heterocycles. The van der Waals surface area contributed by atoms with Crippen LogP contribution in [0.5, 0.6) is 11.5 Å². The van der Waals surface area contributed by atoms with Crippen molar-refractivity contribution in [3.8, 4) is 50.9 Å². The van der Waals surface area contributed by atoms with E-state index >= 15 is 0 Å². The Labute approximate surface area is 654 Å². The molecule has 20 rings (SSSR count). The number of pyridine rings is 1. The number of benzene rings is 15. The molecular weight excluding hydrogens is 1560 g/mol. The summed E-state index contributed by atoms with van der Waals surface area (Å²) in [4.78, 5) is 4.94. The number of rotatable bonds is 15. The molecule has 0 unspecified atom stereocenters. The van der Waals surface area contributed by atoms with E-state index in [0.29, 0.717) is 11.5 Å². The summed E-state index contributed by atoms with van der Waals surface area (Å²) in [6.07, 6.45) is 5.88. The summed E-state index contributed by atoms with van der Waals surface area (Å²) >= 11 is 0. The van der Waals surface area contributed by atoms with Crippen LogP contribution in [-0.4, -0.2) is 30.3 Å². The van der Waals surface area contributed by atoms with Gasteiger partial charge in [0.15, 0.2) is 16.1 Å². The van der Waals surface area contributed by atoms with Gasteiger partial charge in [0.05, 0.1) is 16.7 Å². The quantitative estimate of drug-likeness (QED) is 0.0444. The van der Waals surface area contributed by atoms with Gasteiger partial charge in [-0.15, -0.1) is 29.7 Å². The molecule has 20 aromatic rings. The molecule has 7 nitrogen and oxygen atoms in total. The van der Waals surface area contributed by atoms with Crippen molar-refractivity contribution in [2.24, 2.45) is 0 Å². The number of para-hydroxylation sites is 4. The van der Waals surface area contributed by atoms with Crippen molar-refractivity contribution >= 4 is 134 Å². The topological polar surface area (TPSA) is 62.1 Å². The molecule has 528 valence electrons. The first-order valence-corrected chi connectivity index (χ1v) is 41.1. The molecule has 0 fully saturated rings. The number of fused-ring (bicyclic) bond motifs is 10. The third-order valence-corrected chi connectivity index (χ3v) is 31.7. The van der Waals surface area contributed by atoms with E-state index in [9.17, 15) is 0 Å². The monoisotopic (exact) mass is 1630 g/mol. The molecule has 0 bridgehead atoms. The Morgan fingerprint density at radius 1 is 0.364 bits per heavy atom. The number of nitrogens with zero attached hydrogens (tertiary/aromatic N) is 4. The van der Waals surface area contributed by atoms with Gasteiger partial charge in [0, 0.05) is 65.8 Å². The van der Waals surface area contributed by atoms with Crippen LogP contribution in [0.25, 0.3) is 116 Å². The number of furan rings is 2. The molecule has 110 heavy (non-hydrogen) atoms. The summed E-state index contributed by atoms with van der Waals surface area (Å²) in [5.41, 5.74) is 13.9. The van der Waals surface area contributed by atoms with E-state index in [-0.39, 0.29) is 26.5 Å². The number of imidazole rings is 1. The number of ether oxygens (including phenoxy) is 1. The molecule has 0 aliphatic rings. The number of aromatic nitrogens is 4. The van der Waals surface area contributed by atoms with Crippen molar-refractivity contribution in [1.82, 2.24) is 14.1 Å². The molecule has 0 aliphatic carbocycles. The summed E-state index contributed by atoms with van der Waals surface area (Å²) in [5, 5.41) is 16.7. The van der Waals surface area contributed by atoms with E-state index in [4.69, 9.17) is 18.6 Å². The van der Waals surface area contributed by atoms with Crippen LogP contribution in [0.3, 0.4) is 0 Å². The van der Waals surface area contributed by atoms with Crippen LogP contribution >= 0.6 is 0 Å². The summed E-state index contributed by atoms with van der Waals surface area (Å²) in [5.74, 6) is 1.91. The fraction of sp³-hybridized carbons (Fsp3) is 0.0400. The number of hydrogen-bond acceptors (Lipinski definition) is 4. The van der Waals surface area contributed by atoms with Crippen LogP contribution in [0.1, 0.15) is 26.3 Å². The van der Waals surface area contributed by atoms with E-state index in [0.717, 1.165) is 116 Å². The first kappa shape index (κ1) is 67.8. The maximum atomic E-state index is 6.91. The van der Waals surface area contributed by atoms with Crippen molar-refractivity contribution < 1.29 is 39.2 Å². The summed E-state index contributed by atoms with van der Waals surface area (Å²) < 4.78 is 27.3. The molecule has 5 aromatic heterocycles. The van der Waals surface area contributed by atoms with Gasteiger partial charge in [-0.25, -0.2) is 4.98 Å². The van der Waals surface area contributed by atoms with Gasteiger partial charge in [0.1, 0.15) is 28.1 Å². The Hall–Kier alpha value is -12.8. The first-order valence-electron chi connectivity index (χ1n) is 37.1. The molecule has 0 radical (unpaired) electrons. The summed E-state index contributed by atoms with van der Waals surface area (Å²) in [7, 11) is -5.86. The van der Waals surface area contributed by atoms with Gasteiger partial charge in [-0.2, -0.15) is 18.2 Å². The zero-order chi connectivity index (χ0) is 72.8. The van der Waals surface area contributed by atoms with Gasteiger partial charge in [0.25, 0.3) is 6.33 Å². The molecule has 0 N–H and O–H groups in total. The zero-order valence-corrected chi connectivity index (χ0v) is 64.8. The van der Waals surface area contributed by atoms with E-state index in [1.165, 1.54) is 47.1 Å². The van der Waals surface area contributed by atoms with E-state index in [1.807, 2.05) is 24.4 Å². The Morgan fingerprint density at radius 3 is 1.30 bits per heavy atom. The Morgan fingerprint density at radius 2 is 0.800 bits per heavy atom. The maximum Gasteiger partial charge on any atom is 0.268 e. The van der Waals surface area contributed by atoms with Crippen LogP contribution in [0, 0.1) is 18.5 Å². The SMILES string of the molecule is CC(C)(C)c1ccnc(-n2c3[c-]c(Oc4[c-]c(-n5[c-][n+](-c6c(-c7ccc8oc9ccc([Si](c%10ccccc%10)(c%10ccccc%10)c%10ccccc%10)cc9c8c7)cccc6-c6ccc7oc8ccc([Si](c9ccccc9)(c9ccccc9)c9ccccc9)cc8c7c6)c6ccccc65)ccc4)ccc3c3ccccc32)c1.[Pt]. The molecular formula is C100H70N4O3PtSi2-2. The minimum atomic E-state index is -2.93. The largest absolute Gasteiger partial charge is 0.510 e. The van der Waals surface area contributed by atoms with Gasteiger partial charge < -0.3 is 22.7 Å². The Bertz CT molecular complexity index is 6420. The van der Waals surface area contributed by atoms with Crippen molar-refractivity contribution in [2.75, 3.05) is 0 Å². The molecule has 15 aromatic carbocycles. The predicted octanol–water partition coefficient (Wildman–Crippen LogP) is 18.8. The van der Waals surface area contributed by atoms with E-state index in [1.54, 1.807) is 0 Å². The molecule has 0 aliphatic heterocycles. The van der Waals surface area contributed by atoms with Gasteiger partial charge in [-0.3, -0.25) is 4.57 Å². The molecule has 5 heterocycles. The second kappa shape index (κ2) is 27.5. The van der Waals surface area contributed by atoms with Crippen molar-refractivity contribution in [2.45, 2.75) is 26.2 Å². The smallest absolute Gasteiger partial charge is 0.268 e. The predicted molar refractivity (Wildman–Crippen MR) is 451 cm³/mol. The van der Waals surface area contributed by atoms with Crippen molar-refractivity contribution in [3.05, 3.63) is 394 Å². The standard InChI is InChI=1S/C100H70N4O3Si2.Pt/c1-100(2,3)70-58-59-101-98(62-70)104-90-45-23-22-42-84(90)85-53-50-73(64-93(85)104)105-72-29-26-28-71(63-72)102-67-103(92-47-25-24-46-91(92)102)99-82(68-48-54-94-86(60-68)88-65-80(51-56-96(88)106-94)108(74-30-10-4-11-31-74,75-32-12-5-13-33-75)76-34-14-6-15-35-76)43-27-44-83(99)69-49-55-95-87(61-69)89-66-81(52-57-97(89)107-95)109(77-36-16-7-17-37-77,78-38-18-8-19-39-78)79-40-20-9-21-41-79;/h4-62,65-66H,1-3H3;/q-2;. The second-order valence-electron chi connectivity index (χ2n) is 29.3. The van der Waals surface area contributed by atoms with Crippen LogP contribution in [0.4, 0.5) is 0 Å². The zero-order valence-electron chi connectivity index (χ0n) is 60.5.